The van der Waals surface area contributed by atoms with Crippen molar-refractivity contribution < 1.29 is 15.3 Å². The Balaban J connectivity index is 3.34. The second-order valence-electron chi connectivity index (χ2n) is 2.70. The summed E-state index contributed by atoms with van der Waals surface area (Å²) in [6.45, 7) is 0.256. The van der Waals surface area contributed by atoms with Crippen LogP contribution in [0.2, 0.25) is 0 Å². The SMILES string of the molecule is NCC(CO)CCC(O)CO. The van der Waals surface area contributed by atoms with Gasteiger partial charge in [0.2, 0.25) is 0 Å². The van der Waals surface area contributed by atoms with Gasteiger partial charge in [0.25, 0.3) is 0 Å². The minimum Gasteiger partial charge on any atom is -0.396 e. The molecule has 4 nitrogen and oxygen atoms in total. The van der Waals surface area contributed by atoms with Gasteiger partial charge in [-0.05, 0) is 25.3 Å². The first-order valence-corrected chi connectivity index (χ1v) is 3.84. The third-order valence-corrected chi connectivity index (χ3v) is 1.71. The highest BCUT2D eigenvalue weighted by atomic mass is 16.3. The monoisotopic (exact) mass is 163 g/mol. The zero-order chi connectivity index (χ0) is 8.69. The van der Waals surface area contributed by atoms with Crippen molar-refractivity contribution in [3.8, 4) is 0 Å². The molecule has 68 valence electrons. The van der Waals surface area contributed by atoms with Crippen molar-refractivity contribution in [2.75, 3.05) is 19.8 Å². The molecule has 5 N–H and O–H groups in total. The topological polar surface area (TPSA) is 86.7 Å². The van der Waals surface area contributed by atoms with Crippen molar-refractivity contribution in [1.29, 1.82) is 0 Å². The summed E-state index contributed by atoms with van der Waals surface area (Å²) in [5.74, 6) is 0.0520. The van der Waals surface area contributed by atoms with Crippen LogP contribution in [0.25, 0.3) is 0 Å². The van der Waals surface area contributed by atoms with Crippen LogP contribution in [0.5, 0.6) is 0 Å². The minimum absolute atomic E-state index is 0.0502. The van der Waals surface area contributed by atoms with E-state index >= 15 is 0 Å². The van der Waals surface area contributed by atoms with Gasteiger partial charge >= 0.3 is 0 Å². The quantitative estimate of drug-likeness (QED) is 0.391. The first-order valence-electron chi connectivity index (χ1n) is 3.84. The predicted molar refractivity (Wildman–Crippen MR) is 42.0 cm³/mol. The Morgan fingerprint density at radius 3 is 2.09 bits per heavy atom. The van der Waals surface area contributed by atoms with E-state index in [2.05, 4.69) is 0 Å². The summed E-state index contributed by atoms with van der Waals surface area (Å²) in [5, 5.41) is 26.1. The number of hydrogen-bond donors (Lipinski definition) is 4. The summed E-state index contributed by atoms with van der Waals surface area (Å²) in [5.41, 5.74) is 5.31. The summed E-state index contributed by atoms with van der Waals surface area (Å²) in [6, 6.07) is 0. The summed E-state index contributed by atoms with van der Waals surface area (Å²) >= 11 is 0. The molecule has 0 saturated carbocycles. The first kappa shape index (κ1) is 10.8. The van der Waals surface area contributed by atoms with Crippen LogP contribution >= 0.6 is 0 Å². The minimum atomic E-state index is -0.671. The molecule has 11 heavy (non-hydrogen) atoms. The fourth-order valence-electron chi connectivity index (χ4n) is 0.803. The molecule has 0 saturated heterocycles. The van der Waals surface area contributed by atoms with E-state index in [1.54, 1.807) is 0 Å². The third-order valence-electron chi connectivity index (χ3n) is 1.71. The van der Waals surface area contributed by atoms with Crippen LogP contribution in [0.15, 0.2) is 0 Å². The van der Waals surface area contributed by atoms with Crippen LogP contribution < -0.4 is 5.73 Å². The average Bonchev–Trinajstić information content (AvgIpc) is 2.06. The van der Waals surface area contributed by atoms with E-state index < -0.39 is 6.10 Å². The van der Waals surface area contributed by atoms with E-state index in [1.165, 1.54) is 0 Å². The highest BCUT2D eigenvalue weighted by Gasteiger charge is 2.08. The van der Waals surface area contributed by atoms with Gasteiger partial charge in [0, 0.05) is 6.61 Å². The van der Waals surface area contributed by atoms with Crippen LogP contribution in [-0.4, -0.2) is 41.2 Å². The smallest absolute Gasteiger partial charge is 0.0771 e. The van der Waals surface area contributed by atoms with Crippen LogP contribution in [-0.2, 0) is 0 Å². The molecule has 0 aromatic heterocycles. The molecule has 0 aliphatic heterocycles. The van der Waals surface area contributed by atoms with Gasteiger partial charge in [-0.1, -0.05) is 0 Å². The van der Waals surface area contributed by atoms with E-state index in [9.17, 15) is 0 Å². The Labute approximate surface area is 66.7 Å². The highest BCUT2D eigenvalue weighted by Crippen LogP contribution is 2.06. The molecule has 2 atom stereocenters. The summed E-state index contributed by atoms with van der Waals surface area (Å²) < 4.78 is 0. The van der Waals surface area contributed by atoms with Crippen molar-refractivity contribution in [3.63, 3.8) is 0 Å². The fourth-order valence-corrected chi connectivity index (χ4v) is 0.803. The summed E-state index contributed by atoms with van der Waals surface area (Å²) in [4.78, 5) is 0. The van der Waals surface area contributed by atoms with Crippen molar-refractivity contribution in [3.05, 3.63) is 0 Å². The van der Waals surface area contributed by atoms with Crippen LogP contribution in [0.4, 0.5) is 0 Å². The van der Waals surface area contributed by atoms with Gasteiger partial charge in [-0.3, -0.25) is 0 Å². The highest BCUT2D eigenvalue weighted by molar-refractivity contribution is 4.61. The maximum Gasteiger partial charge on any atom is 0.0771 e. The van der Waals surface area contributed by atoms with E-state index in [4.69, 9.17) is 21.1 Å². The zero-order valence-electron chi connectivity index (χ0n) is 6.61. The zero-order valence-corrected chi connectivity index (χ0v) is 6.61. The molecule has 0 amide bonds. The number of hydrogen-bond acceptors (Lipinski definition) is 4. The van der Waals surface area contributed by atoms with Gasteiger partial charge in [-0.15, -0.1) is 0 Å². The van der Waals surface area contributed by atoms with Gasteiger partial charge in [0.15, 0.2) is 0 Å². The Morgan fingerprint density at radius 1 is 1.09 bits per heavy atom. The van der Waals surface area contributed by atoms with Crippen LogP contribution in [0, 0.1) is 5.92 Å². The average molecular weight is 163 g/mol. The molecule has 0 bridgehead atoms. The number of nitrogens with two attached hydrogens (primary N) is 1. The molecular weight excluding hydrogens is 146 g/mol. The van der Waals surface area contributed by atoms with Gasteiger partial charge in [0.05, 0.1) is 12.7 Å². The Kier molecular flexibility index (Phi) is 6.45. The molecule has 0 fully saturated rings. The second kappa shape index (κ2) is 6.54. The first-order chi connectivity index (χ1) is 5.24. The van der Waals surface area contributed by atoms with E-state index in [1.807, 2.05) is 0 Å². The predicted octanol–water partition coefficient (Wildman–Crippen LogP) is -1.31. The van der Waals surface area contributed by atoms with Crippen molar-refractivity contribution in [2.24, 2.45) is 11.7 Å². The largest absolute Gasteiger partial charge is 0.396 e. The fraction of sp³-hybridized carbons (Fsp3) is 1.00. The lowest BCUT2D eigenvalue weighted by Gasteiger charge is -2.12. The molecule has 0 aliphatic rings. The molecule has 0 radical (unpaired) electrons. The van der Waals surface area contributed by atoms with Crippen LogP contribution in [0.3, 0.4) is 0 Å². The lowest BCUT2D eigenvalue weighted by molar-refractivity contribution is 0.0790. The normalized spacial score (nSPS) is 16.4. The summed E-state index contributed by atoms with van der Waals surface area (Å²) in [7, 11) is 0. The molecule has 2 unspecified atom stereocenters. The Morgan fingerprint density at radius 2 is 1.73 bits per heavy atom. The molecule has 0 aliphatic carbocycles. The van der Waals surface area contributed by atoms with Gasteiger partial charge in [-0.25, -0.2) is 0 Å². The second-order valence-corrected chi connectivity index (χ2v) is 2.70. The van der Waals surface area contributed by atoms with Crippen molar-refractivity contribution >= 4 is 0 Å². The molecule has 0 heterocycles. The molecule has 0 aromatic rings. The number of aliphatic hydroxyl groups is 3. The number of aliphatic hydroxyl groups excluding tert-OH is 3. The molecule has 0 aromatic carbocycles. The molecular formula is C7H17NO3. The lowest BCUT2D eigenvalue weighted by atomic mass is 10.0. The Bertz CT molecular complexity index is 85.8. The third kappa shape index (κ3) is 5.15. The standard InChI is InChI=1S/C7H17NO3/c8-3-6(4-9)1-2-7(11)5-10/h6-7,9-11H,1-5,8H2. The van der Waals surface area contributed by atoms with E-state index in [0.717, 1.165) is 0 Å². The van der Waals surface area contributed by atoms with Crippen molar-refractivity contribution in [1.82, 2.24) is 0 Å². The van der Waals surface area contributed by atoms with Crippen molar-refractivity contribution in [2.45, 2.75) is 18.9 Å². The van der Waals surface area contributed by atoms with E-state index in [0.29, 0.717) is 19.4 Å². The Hall–Kier alpha value is -0.160. The molecule has 0 rings (SSSR count). The van der Waals surface area contributed by atoms with E-state index in [-0.39, 0.29) is 19.1 Å². The van der Waals surface area contributed by atoms with Gasteiger partial charge in [0.1, 0.15) is 0 Å². The molecule has 4 heteroatoms. The van der Waals surface area contributed by atoms with Crippen LogP contribution in [0.1, 0.15) is 12.8 Å². The molecule has 0 spiro atoms. The summed E-state index contributed by atoms with van der Waals surface area (Å²) in [6.07, 6.45) is 0.490. The van der Waals surface area contributed by atoms with Gasteiger partial charge < -0.3 is 21.1 Å². The maximum atomic E-state index is 8.93. The lowest BCUT2D eigenvalue weighted by Crippen LogP contribution is -2.21. The van der Waals surface area contributed by atoms with Gasteiger partial charge in [-0.2, -0.15) is 0 Å². The number of rotatable bonds is 6. The maximum absolute atomic E-state index is 8.93.